The molecule has 0 saturated carbocycles. The van der Waals surface area contributed by atoms with Gasteiger partial charge in [0, 0.05) is 39.9 Å². The van der Waals surface area contributed by atoms with E-state index in [0.29, 0.717) is 5.75 Å². The average molecular weight is 325 g/mol. The van der Waals surface area contributed by atoms with Crippen LogP contribution in [0.1, 0.15) is 10.4 Å². The highest BCUT2D eigenvalue weighted by molar-refractivity contribution is 7.89. The highest BCUT2D eigenvalue weighted by atomic mass is 35.5. The molecule has 1 aromatic rings. The molecule has 0 saturated heterocycles. The molecule has 0 radical (unpaired) electrons. The van der Waals surface area contributed by atoms with Crippen LogP contribution >= 0.6 is 11.6 Å². The van der Waals surface area contributed by atoms with Crippen molar-refractivity contribution in [1.82, 2.24) is 5.32 Å². The average Bonchev–Trinajstić information content (AvgIpc) is 2.26. The zero-order chi connectivity index (χ0) is 14.6. The van der Waals surface area contributed by atoms with E-state index in [4.69, 9.17) is 16.7 Å². The van der Waals surface area contributed by atoms with Crippen LogP contribution in [0.3, 0.4) is 0 Å². The molecule has 1 aromatic carbocycles. The summed E-state index contributed by atoms with van der Waals surface area (Å²) in [7, 11) is -4.95. The minimum atomic E-state index is -3.93. The fourth-order valence-electron chi connectivity index (χ4n) is 1.27. The molecule has 0 aromatic heterocycles. The maximum absolute atomic E-state index is 11.8. The van der Waals surface area contributed by atoms with Gasteiger partial charge in [0.25, 0.3) is 5.91 Å². The first-order valence-corrected chi connectivity index (χ1v) is 8.77. The van der Waals surface area contributed by atoms with E-state index in [1.54, 1.807) is 0 Å². The molecule has 3 N–H and O–H groups in total. The van der Waals surface area contributed by atoms with Gasteiger partial charge >= 0.3 is 0 Å². The van der Waals surface area contributed by atoms with Gasteiger partial charge in [-0.2, -0.15) is 0 Å². The number of primary sulfonamides is 1. The number of carbonyl (C=O) groups excluding carboxylic acids is 1. The van der Waals surface area contributed by atoms with E-state index in [2.05, 4.69) is 5.32 Å². The zero-order valence-electron chi connectivity index (χ0n) is 10.1. The van der Waals surface area contributed by atoms with Crippen LogP contribution in [0.4, 0.5) is 0 Å². The van der Waals surface area contributed by atoms with Crippen molar-refractivity contribution in [3.63, 3.8) is 0 Å². The van der Waals surface area contributed by atoms with E-state index in [-0.39, 0.29) is 22.0 Å². The molecule has 1 unspecified atom stereocenters. The van der Waals surface area contributed by atoms with Gasteiger partial charge < -0.3 is 5.32 Å². The summed E-state index contributed by atoms with van der Waals surface area (Å²) in [5.74, 6) is -0.188. The van der Waals surface area contributed by atoms with E-state index in [1.165, 1.54) is 12.3 Å². The summed E-state index contributed by atoms with van der Waals surface area (Å²) in [5, 5.41) is 7.58. The van der Waals surface area contributed by atoms with Gasteiger partial charge in [0.15, 0.2) is 0 Å². The molecule has 0 fully saturated rings. The number of benzene rings is 1. The number of hydrogen-bond donors (Lipinski definition) is 2. The van der Waals surface area contributed by atoms with Gasteiger partial charge in [0.2, 0.25) is 10.0 Å². The Labute approximate surface area is 118 Å². The summed E-state index contributed by atoms with van der Waals surface area (Å²) in [6, 6.07) is 3.63. The Morgan fingerprint density at radius 2 is 2.05 bits per heavy atom. The molecule has 9 heteroatoms. The Morgan fingerprint density at radius 3 is 2.58 bits per heavy atom. The van der Waals surface area contributed by atoms with Crippen molar-refractivity contribution in [3.05, 3.63) is 28.8 Å². The molecule has 6 nitrogen and oxygen atoms in total. The third-order valence-corrected chi connectivity index (χ3v) is 4.03. The zero-order valence-corrected chi connectivity index (χ0v) is 12.4. The Balaban J connectivity index is 2.92. The number of carbonyl (C=O) groups is 1. The van der Waals surface area contributed by atoms with Gasteiger partial charge in [-0.3, -0.25) is 9.00 Å². The summed E-state index contributed by atoms with van der Waals surface area (Å²) < 4.78 is 33.3. The minimum Gasteiger partial charge on any atom is -0.351 e. The number of nitrogens with two attached hydrogens (primary N) is 1. The lowest BCUT2D eigenvalue weighted by molar-refractivity contribution is 0.0956. The molecule has 19 heavy (non-hydrogen) atoms. The van der Waals surface area contributed by atoms with E-state index >= 15 is 0 Å². The first-order chi connectivity index (χ1) is 8.70. The SMILES string of the molecule is CS(=O)CCNC(=O)c1cc(Cl)cc(S(N)(=O)=O)c1. The standard InChI is InChI=1S/C10H13ClN2O4S2/c1-18(15)3-2-13-10(14)7-4-8(11)6-9(5-7)19(12,16)17/h4-6H,2-3H2,1H3,(H,13,14)(H2,12,16,17). The van der Waals surface area contributed by atoms with Crippen LogP contribution in [0, 0.1) is 0 Å². The molecule has 0 spiro atoms. The van der Waals surface area contributed by atoms with Crippen molar-refractivity contribution in [2.45, 2.75) is 4.90 Å². The lowest BCUT2D eigenvalue weighted by Crippen LogP contribution is -2.27. The van der Waals surface area contributed by atoms with Crippen LogP contribution in [0.5, 0.6) is 0 Å². The van der Waals surface area contributed by atoms with E-state index in [9.17, 15) is 17.4 Å². The molecular formula is C10H13ClN2O4S2. The second kappa shape index (κ2) is 6.47. The lowest BCUT2D eigenvalue weighted by Gasteiger charge is -2.06. The smallest absolute Gasteiger partial charge is 0.251 e. The summed E-state index contributed by atoms with van der Waals surface area (Å²) >= 11 is 5.74. The minimum absolute atomic E-state index is 0.0819. The Hall–Kier alpha value is -0.960. The van der Waals surface area contributed by atoms with Crippen LogP contribution in [0.2, 0.25) is 5.02 Å². The van der Waals surface area contributed by atoms with Gasteiger partial charge in [0.1, 0.15) is 0 Å². The molecule has 0 bridgehead atoms. The lowest BCUT2D eigenvalue weighted by atomic mass is 10.2. The predicted molar refractivity (Wildman–Crippen MR) is 74.1 cm³/mol. The third kappa shape index (κ3) is 5.27. The number of halogens is 1. The van der Waals surface area contributed by atoms with Crippen molar-refractivity contribution in [1.29, 1.82) is 0 Å². The molecule has 106 valence electrons. The second-order valence-corrected chi connectivity index (χ2v) is 7.31. The number of sulfonamides is 1. The molecule has 0 aliphatic rings. The van der Waals surface area contributed by atoms with Crippen LogP contribution in [-0.4, -0.2) is 37.1 Å². The number of amides is 1. The Morgan fingerprint density at radius 1 is 1.42 bits per heavy atom. The predicted octanol–water partition coefficient (Wildman–Crippen LogP) is 0.0957. The van der Waals surface area contributed by atoms with E-state index < -0.39 is 26.7 Å². The molecular weight excluding hydrogens is 312 g/mol. The van der Waals surface area contributed by atoms with Crippen molar-refractivity contribution in [2.24, 2.45) is 5.14 Å². The molecule has 0 aliphatic carbocycles. The van der Waals surface area contributed by atoms with Crippen LogP contribution in [0.15, 0.2) is 23.1 Å². The van der Waals surface area contributed by atoms with Crippen molar-refractivity contribution in [2.75, 3.05) is 18.6 Å². The maximum Gasteiger partial charge on any atom is 0.251 e. The molecule has 1 amide bonds. The Kier molecular flexibility index (Phi) is 5.48. The molecule has 1 rings (SSSR count). The first-order valence-electron chi connectivity index (χ1n) is 5.12. The molecule has 0 aliphatic heterocycles. The van der Waals surface area contributed by atoms with Crippen LogP contribution < -0.4 is 10.5 Å². The number of nitrogens with one attached hydrogen (secondary N) is 1. The first kappa shape index (κ1) is 16.1. The van der Waals surface area contributed by atoms with Gasteiger partial charge in [-0.05, 0) is 18.2 Å². The molecule has 0 heterocycles. The largest absolute Gasteiger partial charge is 0.351 e. The maximum atomic E-state index is 11.8. The normalized spacial score (nSPS) is 13.0. The fourth-order valence-corrected chi connectivity index (χ4v) is 2.54. The van der Waals surface area contributed by atoms with Gasteiger partial charge in [0.05, 0.1) is 4.90 Å². The van der Waals surface area contributed by atoms with E-state index in [1.807, 2.05) is 0 Å². The summed E-state index contributed by atoms with van der Waals surface area (Å²) in [6.45, 7) is 0.221. The highest BCUT2D eigenvalue weighted by Crippen LogP contribution is 2.18. The summed E-state index contributed by atoms with van der Waals surface area (Å²) in [4.78, 5) is 11.5. The van der Waals surface area contributed by atoms with Crippen molar-refractivity contribution >= 4 is 38.3 Å². The quantitative estimate of drug-likeness (QED) is 0.800. The van der Waals surface area contributed by atoms with Gasteiger partial charge in [-0.1, -0.05) is 11.6 Å². The number of hydrogen-bond acceptors (Lipinski definition) is 4. The van der Waals surface area contributed by atoms with Gasteiger partial charge in [-0.15, -0.1) is 0 Å². The van der Waals surface area contributed by atoms with Crippen LogP contribution in [-0.2, 0) is 20.8 Å². The monoisotopic (exact) mass is 324 g/mol. The third-order valence-electron chi connectivity index (χ3n) is 2.14. The summed E-state index contributed by atoms with van der Waals surface area (Å²) in [5.41, 5.74) is 0.0819. The Bertz CT molecular complexity index is 616. The molecule has 1 atom stereocenters. The summed E-state index contributed by atoms with van der Waals surface area (Å²) in [6.07, 6.45) is 1.52. The van der Waals surface area contributed by atoms with Crippen molar-refractivity contribution in [3.8, 4) is 0 Å². The second-order valence-electron chi connectivity index (χ2n) is 3.75. The van der Waals surface area contributed by atoms with Gasteiger partial charge in [-0.25, -0.2) is 13.6 Å². The van der Waals surface area contributed by atoms with E-state index in [0.717, 1.165) is 12.1 Å². The topological polar surface area (TPSA) is 106 Å². The van der Waals surface area contributed by atoms with Crippen LogP contribution in [0.25, 0.3) is 0 Å². The highest BCUT2D eigenvalue weighted by Gasteiger charge is 2.14. The number of rotatable bonds is 5. The fraction of sp³-hybridized carbons (Fsp3) is 0.300. The van der Waals surface area contributed by atoms with Crippen molar-refractivity contribution < 1.29 is 17.4 Å².